The van der Waals surface area contributed by atoms with Crippen molar-refractivity contribution >= 4 is 21.9 Å². The van der Waals surface area contributed by atoms with Gasteiger partial charge in [-0.05, 0) is 18.2 Å². The predicted molar refractivity (Wildman–Crippen MR) is 62.7 cm³/mol. The lowest BCUT2D eigenvalue weighted by atomic mass is 10.1. The summed E-state index contributed by atoms with van der Waals surface area (Å²) in [5, 5.41) is -0.0637. The number of hydrogen-bond acceptors (Lipinski definition) is 3. The molecule has 2 aromatic heterocycles. The number of alkyl halides is 3. The topological polar surface area (TPSA) is 58.6 Å². The predicted octanol–water partition coefficient (Wildman–Crippen LogP) is 2.49. The first-order valence-corrected chi connectivity index (χ1v) is 5.30. The third-order valence-electron chi connectivity index (χ3n) is 2.74. The molecule has 0 aliphatic carbocycles. The lowest BCUT2D eigenvalue weighted by Gasteiger charge is -2.10. The number of hydrogen-bond donors (Lipinski definition) is 1. The van der Waals surface area contributed by atoms with Gasteiger partial charge in [0, 0.05) is 11.6 Å². The number of aromatic nitrogens is 3. The number of H-pyrrole nitrogens is 1. The van der Waals surface area contributed by atoms with E-state index in [9.17, 15) is 18.0 Å². The molecule has 1 aromatic carbocycles. The molecule has 96 valence electrons. The minimum atomic E-state index is -4.47. The molecule has 19 heavy (non-hydrogen) atoms. The zero-order valence-corrected chi connectivity index (χ0v) is 9.32. The molecule has 0 amide bonds. The van der Waals surface area contributed by atoms with Crippen LogP contribution in [0.25, 0.3) is 21.9 Å². The number of pyridine rings is 1. The van der Waals surface area contributed by atoms with E-state index in [4.69, 9.17) is 0 Å². The summed E-state index contributed by atoms with van der Waals surface area (Å²) in [5.74, 6) is 0. The van der Waals surface area contributed by atoms with E-state index < -0.39 is 17.3 Å². The third-order valence-corrected chi connectivity index (χ3v) is 2.74. The maximum atomic E-state index is 12.9. The average Bonchev–Trinajstić information content (AvgIpc) is 2.34. The molecule has 0 aliphatic heterocycles. The molecule has 0 aliphatic rings. The van der Waals surface area contributed by atoms with E-state index in [-0.39, 0.29) is 16.4 Å². The van der Waals surface area contributed by atoms with Crippen molar-refractivity contribution in [1.82, 2.24) is 15.0 Å². The van der Waals surface area contributed by atoms with E-state index in [1.165, 1.54) is 12.1 Å². The summed E-state index contributed by atoms with van der Waals surface area (Å²) in [6.45, 7) is 0. The lowest BCUT2D eigenvalue weighted by Crippen LogP contribution is -2.08. The molecular weight excluding hydrogens is 259 g/mol. The molecule has 3 rings (SSSR count). The normalized spacial score (nSPS) is 12.2. The minimum absolute atomic E-state index is 0.0637. The Balaban J connectivity index is 2.46. The van der Waals surface area contributed by atoms with E-state index in [1.807, 2.05) is 0 Å². The van der Waals surface area contributed by atoms with Gasteiger partial charge in [0.05, 0.1) is 28.3 Å². The van der Waals surface area contributed by atoms with Crippen LogP contribution in [-0.4, -0.2) is 15.0 Å². The molecule has 7 heteroatoms. The largest absolute Gasteiger partial charge is 0.417 e. The van der Waals surface area contributed by atoms with E-state index in [2.05, 4.69) is 15.0 Å². The van der Waals surface area contributed by atoms with Crippen molar-refractivity contribution in [3.05, 3.63) is 46.5 Å². The monoisotopic (exact) mass is 265 g/mol. The standard InChI is InChI=1S/C12H6F3N3O/c13-12(14,15)7-1-2-16-8-4-9-10(3-6(7)8)18-11(19)5-17-9/h1-5H,(H,18,19). The van der Waals surface area contributed by atoms with Gasteiger partial charge in [-0.2, -0.15) is 13.2 Å². The SMILES string of the molecule is O=c1cnc2cc3nccc(C(F)(F)F)c3cc2[nH]1. The van der Waals surface area contributed by atoms with Crippen LogP contribution in [0.1, 0.15) is 5.56 Å². The fourth-order valence-electron chi connectivity index (χ4n) is 1.93. The second kappa shape index (κ2) is 3.78. The first-order chi connectivity index (χ1) is 8.95. The van der Waals surface area contributed by atoms with E-state index in [1.54, 1.807) is 0 Å². The van der Waals surface area contributed by atoms with Gasteiger partial charge in [0.1, 0.15) is 0 Å². The van der Waals surface area contributed by atoms with Crippen molar-refractivity contribution in [3.8, 4) is 0 Å². The number of halogens is 3. The smallest absolute Gasteiger partial charge is 0.319 e. The van der Waals surface area contributed by atoms with Crippen molar-refractivity contribution < 1.29 is 13.2 Å². The van der Waals surface area contributed by atoms with E-state index in [0.717, 1.165) is 18.5 Å². The van der Waals surface area contributed by atoms with Crippen LogP contribution in [0.3, 0.4) is 0 Å². The molecule has 0 unspecified atom stereocenters. The molecule has 0 bridgehead atoms. The van der Waals surface area contributed by atoms with Gasteiger partial charge in [-0.25, -0.2) is 4.98 Å². The summed E-state index contributed by atoms with van der Waals surface area (Å²) in [6, 6.07) is 3.56. The average molecular weight is 265 g/mol. The Morgan fingerprint density at radius 2 is 1.89 bits per heavy atom. The van der Waals surface area contributed by atoms with Gasteiger partial charge < -0.3 is 4.98 Å². The Bertz CT molecular complexity index is 839. The maximum absolute atomic E-state index is 12.9. The minimum Gasteiger partial charge on any atom is -0.319 e. The van der Waals surface area contributed by atoms with Gasteiger partial charge in [-0.3, -0.25) is 9.78 Å². The first-order valence-electron chi connectivity index (χ1n) is 5.30. The zero-order valence-electron chi connectivity index (χ0n) is 9.32. The summed E-state index contributed by atoms with van der Waals surface area (Å²) >= 11 is 0. The van der Waals surface area contributed by atoms with Crippen LogP contribution in [0.15, 0.2) is 35.4 Å². The van der Waals surface area contributed by atoms with Crippen LogP contribution >= 0.6 is 0 Å². The Morgan fingerprint density at radius 1 is 1.11 bits per heavy atom. The summed E-state index contributed by atoms with van der Waals surface area (Å²) in [6.07, 6.45) is -2.30. The van der Waals surface area contributed by atoms with Gasteiger partial charge >= 0.3 is 6.18 Å². The fraction of sp³-hybridized carbons (Fsp3) is 0.0833. The molecule has 0 radical (unpaired) electrons. The van der Waals surface area contributed by atoms with Crippen molar-refractivity contribution in [2.75, 3.05) is 0 Å². The molecule has 0 spiro atoms. The molecule has 0 saturated carbocycles. The van der Waals surface area contributed by atoms with E-state index in [0.29, 0.717) is 5.52 Å². The molecule has 3 aromatic rings. The summed E-state index contributed by atoms with van der Waals surface area (Å²) in [5.41, 5.74) is -0.437. The molecule has 2 heterocycles. The third kappa shape index (κ3) is 1.92. The zero-order chi connectivity index (χ0) is 13.6. The van der Waals surface area contributed by atoms with Crippen LogP contribution in [-0.2, 0) is 6.18 Å². The second-order valence-corrected chi connectivity index (χ2v) is 3.99. The quantitative estimate of drug-likeness (QED) is 0.635. The highest BCUT2D eigenvalue weighted by atomic mass is 19.4. The Morgan fingerprint density at radius 3 is 2.63 bits per heavy atom. The van der Waals surface area contributed by atoms with Gasteiger partial charge in [0.25, 0.3) is 5.56 Å². The Kier molecular flexibility index (Phi) is 2.31. The number of benzene rings is 1. The van der Waals surface area contributed by atoms with Crippen molar-refractivity contribution in [2.24, 2.45) is 0 Å². The fourth-order valence-corrected chi connectivity index (χ4v) is 1.93. The molecule has 0 saturated heterocycles. The second-order valence-electron chi connectivity index (χ2n) is 3.99. The number of nitrogens with one attached hydrogen (secondary N) is 1. The van der Waals surface area contributed by atoms with Crippen LogP contribution in [0, 0.1) is 0 Å². The molecule has 4 nitrogen and oxygen atoms in total. The first kappa shape index (κ1) is 11.6. The van der Waals surface area contributed by atoms with Crippen LogP contribution in [0.4, 0.5) is 13.2 Å². The van der Waals surface area contributed by atoms with Crippen LogP contribution in [0.5, 0.6) is 0 Å². The number of nitrogens with zero attached hydrogens (tertiary/aromatic N) is 2. The van der Waals surface area contributed by atoms with Gasteiger partial charge in [-0.1, -0.05) is 0 Å². The summed E-state index contributed by atoms with van der Waals surface area (Å²) in [4.78, 5) is 21.3. The summed E-state index contributed by atoms with van der Waals surface area (Å²) in [7, 11) is 0. The van der Waals surface area contributed by atoms with Crippen molar-refractivity contribution in [1.29, 1.82) is 0 Å². The maximum Gasteiger partial charge on any atom is 0.417 e. The highest BCUT2D eigenvalue weighted by Gasteiger charge is 2.32. The van der Waals surface area contributed by atoms with E-state index >= 15 is 0 Å². The van der Waals surface area contributed by atoms with Gasteiger partial charge in [0.2, 0.25) is 0 Å². The molecule has 1 N–H and O–H groups in total. The highest BCUT2D eigenvalue weighted by molar-refractivity contribution is 5.94. The molecule has 0 atom stereocenters. The van der Waals surface area contributed by atoms with Gasteiger partial charge in [-0.15, -0.1) is 0 Å². The lowest BCUT2D eigenvalue weighted by molar-refractivity contribution is -0.136. The Labute approximate surface area is 103 Å². The van der Waals surface area contributed by atoms with Crippen molar-refractivity contribution in [3.63, 3.8) is 0 Å². The number of aromatic amines is 1. The van der Waals surface area contributed by atoms with Crippen LogP contribution in [0.2, 0.25) is 0 Å². The molecular formula is C12H6F3N3O. The Hall–Kier alpha value is -2.44. The van der Waals surface area contributed by atoms with Crippen molar-refractivity contribution in [2.45, 2.75) is 6.18 Å². The number of fused-ring (bicyclic) bond motifs is 2. The highest BCUT2D eigenvalue weighted by Crippen LogP contribution is 2.34. The number of rotatable bonds is 0. The molecule has 0 fully saturated rings. The van der Waals surface area contributed by atoms with Gasteiger partial charge in [0.15, 0.2) is 0 Å². The summed E-state index contributed by atoms with van der Waals surface area (Å²) < 4.78 is 38.6. The van der Waals surface area contributed by atoms with Crippen LogP contribution < -0.4 is 5.56 Å².